The molecule has 2 heterocycles. The second-order valence-electron chi connectivity index (χ2n) is 11.1. The number of fused-ring (bicyclic) bond motifs is 1. The Morgan fingerprint density at radius 1 is 0.977 bits per heavy atom. The molecule has 0 spiro atoms. The highest BCUT2D eigenvalue weighted by Gasteiger charge is 2.35. The van der Waals surface area contributed by atoms with Crippen molar-refractivity contribution in [2.45, 2.75) is 51.2 Å². The van der Waals surface area contributed by atoms with Crippen molar-refractivity contribution in [3.8, 4) is 28.0 Å². The minimum absolute atomic E-state index is 0.153. The summed E-state index contributed by atoms with van der Waals surface area (Å²) >= 11 is 0. The van der Waals surface area contributed by atoms with Gasteiger partial charge in [-0.15, -0.1) is 0 Å². The van der Waals surface area contributed by atoms with Crippen LogP contribution >= 0.6 is 0 Å². The molecule has 1 saturated carbocycles. The van der Waals surface area contributed by atoms with E-state index >= 15 is 0 Å². The summed E-state index contributed by atoms with van der Waals surface area (Å²) in [5.41, 5.74) is 5.75. The van der Waals surface area contributed by atoms with Crippen LogP contribution in [0.15, 0.2) is 95.6 Å². The number of amides is 1. The zero-order valence-electron chi connectivity index (χ0n) is 24.2. The Morgan fingerprint density at radius 3 is 2.41 bits per heavy atom. The Labute approximate surface area is 253 Å². The molecule has 8 heteroatoms. The average Bonchev–Trinajstić information content (AvgIpc) is 3.44. The van der Waals surface area contributed by atoms with Gasteiger partial charge in [0.25, 0.3) is 0 Å². The van der Waals surface area contributed by atoms with Gasteiger partial charge in [0.15, 0.2) is 0 Å². The van der Waals surface area contributed by atoms with E-state index in [0.717, 1.165) is 38.9 Å². The molecule has 1 aliphatic rings. The molecule has 0 radical (unpaired) electrons. The molecule has 0 aliphatic heterocycles. The number of halogens is 3. The topological polar surface area (TPSA) is 64.4 Å². The van der Waals surface area contributed by atoms with E-state index in [9.17, 15) is 18.0 Å². The average molecular weight is 597 g/mol. The van der Waals surface area contributed by atoms with Gasteiger partial charge in [0.05, 0.1) is 12.6 Å². The number of furan rings is 1. The number of carbonyl (C=O) groups excluding carboxylic acids is 1. The molecule has 1 amide bonds. The van der Waals surface area contributed by atoms with Crippen LogP contribution in [-0.4, -0.2) is 22.9 Å². The summed E-state index contributed by atoms with van der Waals surface area (Å²) < 4.78 is 53.0. The Morgan fingerprint density at radius 2 is 1.70 bits per heavy atom. The van der Waals surface area contributed by atoms with E-state index < -0.39 is 5.92 Å². The number of rotatable bonds is 8. The monoisotopic (exact) mass is 596 g/mol. The van der Waals surface area contributed by atoms with Gasteiger partial charge in [-0.3, -0.25) is 9.78 Å². The second kappa shape index (κ2) is 12.4. The lowest BCUT2D eigenvalue weighted by Gasteiger charge is -2.28. The van der Waals surface area contributed by atoms with E-state index in [0.29, 0.717) is 29.9 Å². The first-order valence-corrected chi connectivity index (χ1v) is 14.6. The van der Waals surface area contributed by atoms with Gasteiger partial charge in [0.2, 0.25) is 11.8 Å². The maximum absolute atomic E-state index is 13.8. The Kier molecular flexibility index (Phi) is 8.24. The van der Waals surface area contributed by atoms with E-state index in [2.05, 4.69) is 10.3 Å². The molecule has 1 fully saturated rings. The number of benzene rings is 3. The summed E-state index contributed by atoms with van der Waals surface area (Å²) in [6.45, 7) is 2.08. The second-order valence-corrected chi connectivity index (χ2v) is 11.1. The number of alkyl halides is 2. The van der Waals surface area contributed by atoms with Crippen LogP contribution in [0.4, 0.5) is 13.2 Å². The maximum Gasteiger partial charge on any atom is 0.248 e. The molecule has 0 atom stereocenters. The fraction of sp³-hybridized carbons (Fsp3) is 0.222. The van der Waals surface area contributed by atoms with Crippen LogP contribution in [0.1, 0.15) is 42.7 Å². The maximum atomic E-state index is 13.8. The van der Waals surface area contributed by atoms with E-state index in [4.69, 9.17) is 9.15 Å². The van der Waals surface area contributed by atoms with E-state index in [1.807, 2.05) is 61.5 Å². The third-order valence-electron chi connectivity index (χ3n) is 7.78. The van der Waals surface area contributed by atoms with Gasteiger partial charge in [0.1, 0.15) is 22.9 Å². The molecule has 1 aliphatic carbocycles. The standard InChI is InChI=1S/C36H31F3N2O3/c1-23-2-3-24(21-40-23)4-13-34(42)41-22-32-19-28-18-27(20-33(35(28)44-32)26-5-9-29(37)10-6-26)25-7-11-30(12-8-25)43-31-14-16-36(38,39)17-15-31/h2-13,18-21,31H,14-17,22H2,1H3,(H,41,42)/b13-4+. The first-order valence-electron chi connectivity index (χ1n) is 14.6. The highest BCUT2D eigenvalue weighted by atomic mass is 19.3. The minimum Gasteiger partial charge on any atom is -0.490 e. The van der Waals surface area contributed by atoms with Crippen LogP contribution in [0, 0.1) is 12.7 Å². The molecular formula is C36H31F3N2O3. The number of aromatic nitrogens is 1. The normalized spacial score (nSPS) is 15.1. The fourth-order valence-electron chi connectivity index (χ4n) is 5.34. The Bertz CT molecular complexity index is 1780. The van der Waals surface area contributed by atoms with Crippen molar-refractivity contribution in [2.24, 2.45) is 0 Å². The fourth-order valence-corrected chi connectivity index (χ4v) is 5.34. The number of nitrogens with zero attached hydrogens (tertiary/aromatic N) is 1. The smallest absolute Gasteiger partial charge is 0.248 e. The van der Waals surface area contributed by atoms with Crippen molar-refractivity contribution < 1.29 is 27.1 Å². The first-order chi connectivity index (χ1) is 21.2. The number of aryl methyl sites for hydroxylation is 1. The number of carbonyl (C=O) groups is 1. The van der Waals surface area contributed by atoms with Crippen LogP contribution in [0.25, 0.3) is 39.3 Å². The van der Waals surface area contributed by atoms with Crippen molar-refractivity contribution in [1.29, 1.82) is 0 Å². The summed E-state index contributed by atoms with van der Waals surface area (Å²) in [4.78, 5) is 16.7. The largest absolute Gasteiger partial charge is 0.490 e. The van der Waals surface area contributed by atoms with Crippen LogP contribution in [0.3, 0.4) is 0 Å². The zero-order chi connectivity index (χ0) is 30.7. The number of hydrogen-bond acceptors (Lipinski definition) is 4. The number of ether oxygens (including phenoxy) is 1. The van der Waals surface area contributed by atoms with Gasteiger partial charge in [-0.1, -0.05) is 30.3 Å². The molecule has 2 aromatic heterocycles. The molecule has 3 aromatic carbocycles. The highest BCUT2D eigenvalue weighted by Crippen LogP contribution is 2.38. The Hall–Kier alpha value is -4.85. The molecule has 0 unspecified atom stereocenters. The quantitative estimate of drug-likeness (QED) is 0.182. The van der Waals surface area contributed by atoms with E-state index in [1.165, 1.54) is 18.2 Å². The molecular weight excluding hydrogens is 565 g/mol. The van der Waals surface area contributed by atoms with Gasteiger partial charge >= 0.3 is 0 Å². The van der Waals surface area contributed by atoms with Crippen molar-refractivity contribution in [1.82, 2.24) is 10.3 Å². The summed E-state index contributed by atoms with van der Waals surface area (Å²) in [6.07, 6.45) is 4.99. The first kappa shape index (κ1) is 29.2. The van der Waals surface area contributed by atoms with Crippen LogP contribution in [0.2, 0.25) is 0 Å². The van der Waals surface area contributed by atoms with Crippen LogP contribution < -0.4 is 10.1 Å². The molecule has 224 valence electrons. The van der Waals surface area contributed by atoms with Gasteiger partial charge in [0, 0.05) is 41.8 Å². The molecule has 5 aromatic rings. The lowest BCUT2D eigenvalue weighted by Crippen LogP contribution is -2.30. The summed E-state index contributed by atoms with van der Waals surface area (Å²) in [5, 5.41) is 3.68. The Balaban J connectivity index is 1.22. The molecule has 6 rings (SSSR count). The van der Waals surface area contributed by atoms with Crippen LogP contribution in [0.5, 0.6) is 5.75 Å². The van der Waals surface area contributed by atoms with E-state index in [1.54, 1.807) is 24.4 Å². The summed E-state index contributed by atoms with van der Waals surface area (Å²) in [5.74, 6) is -2.00. The summed E-state index contributed by atoms with van der Waals surface area (Å²) in [7, 11) is 0. The van der Waals surface area contributed by atoms with Crippen molar-refractivity contribution in [2.75, 3.05) is 0 Å². The number of hydrogen-bond donors (Lipinski definition) is 1. The van der Waals surface area contributed by atoms with Gasteiger partial charge < -0.3 is 14.5 Å². The van der Waals surface area contributed by atoms with Gasteiger partial charge in [-0.2, -0.15) is 0 Å². The molecule has 0 saturated heterocycles. The SMILES string of the molecule is Cc1ccc(/C=C/C(=O)NCc2cc3cc(-c4ccc(OC5CCC(F)(F)CC5)cc4)cc(-c4ccc(F)cc4)c3o2)cn1. The van der Waals surface area contributed by atoms with Crippen molar-refractivity contribution >= 4 is 23.0 Å². The third-order valence-corrected chi connectivity index (χ3v) is 7.78. The zero-order valence-corrected chi connectivity index (χ0v) is 24.2. The number of pyridine rings is 1. The lowest BCUT2D eigenvalue weighted by atomic mass is 9.94. The molecule has 1 N–H and O–H groups in total. The number of nitrogens with one attached hydrogen (secondary N) is 1. The lowest BCUT2D eigenvalue weighted by molar-refractivity contribution is -0.116. The van der Waals surface area contributed by atoms with Crippen molar-refractivity contribution in [3.05, 3.63) is 114 Å². The predicted molar refractivity (Wildman–Crippen MR) is 165 cm³/mol. The summed E-state index contributed by atoms with van der Waals surface area (Å²) in [6, 6.07) is 23.4. The van der Waals surface area contributed by atoms with Gasteiger partial charge in [-0.25, -0.2) is 13.2 Å². The highest BCUT2D eigenvalue weighted by molar-refractivity contribution is 5.97. The van der Waals surface area contributed by atoms with E-state index in [-0.39, 0.29) is 37.2 Å². The molecule has 5 nitrogen and oxygen atoms in total. The minimum atomic E-state index is -2.60. The van der Waals surface area contributed by atoms with Crippen LogP contribution in [-0.2, 0) is 11.3 Å². The van der Waals surface area contributed by atoms with Crippen molar-refractivity contribution in [3.63, 3.8) is 0 Å². The predicted octanol–water partition coefficient (Wildman–Crippen LogP) is 8.90. The molecule has 44 heavy (non-hydrogen) atoms. The third kappa shape index (κ3) is 7.02. The van der Waals surface area contributed by atoms with Gasteiger partial charge in [-0.05, 0) is 96.6 Å². The molecule has 0 bridgehead atoms.